The highest BCUT2D eigenvalue weighted by Gasteiger charge is 2.24. The van der Waals surface area contributed by atoms with Gasteiger partial charge in [0.1, 0.15) is 17.2 Å². The molecule has 0 aliphatic rings. The Morgan fingerprint density at radius 2 is 0.667 bits per heavy atom. The van der Waals surface area contributed by atoms with Crippen LogP contribution in [0.15, 0.2) is 124 Å². The first-order chi connectivity index (χ1) is 27.8. The molecule has 0 aliphatic heterocycles. The summed E-state index contributed by atoms with van der Waals surface area (Å²) in [6, 6.07) is 32.0. The van der Waals surface area contributed by atoms with E-state index in [1.54, 1.807) is 72.8 Å². The number of aromatic amines is 3. The van der Waals surface area contributed by atoms with Gasteiger partial charge in [-0.3, -0.25) is 14.4 Å². The third kappa shape index (κ3) is 5.29. The van der Waals surface area contributed by atoms with Crippen molar-refractivity contribution in [2.45, 2.75) is 0 Å². The number of benzene rings is 6. The van der Waals surface area contributed by atoms with E-state index in [0.29, 0.717) is 99.4 Å². The molecular formula is C45H30N6O6. The van der Waals surface area contributed by atoms with Crippen molar-refractivity contribution in [1.29, 1.82) is 0 Å². The van der Waals surface area contributed by atoms with Crippen molar-refractivity contribution in [3.63, 3.8) is 0 Å². The van der Waals surface area contributed by atoms with E-state index in [2.05, 4.69) is 15.0 Å². The lowest BCUT2D eigenvalue weighted by molar-refractivity contribution is 0.415. The van der Waals surface area contributed by atoms with E-state index in [0.717, 1.165) is 0 Å². The van der Waals surface area contributed by atoms with Crippen LogP contribution in [0.25, 0.3) is 99.6 Å². The SMILES string of the molecule is COc1cc(-c2nc(-c3cc(OC)cc4[nH]c5ccccc5c(=O)c34)nc(-c3cc(OC)cc4[nH]c5ccccc5c(=O)c34)n2)c2c(=O)c3ccccc3[nH]c2c1. The van der Waals surface area contributed by atoms with Gasteiger partial charge in [-0.05, 0) is 54.6 Å². The number of hydrogen-bond acceptors (Lipinski definition) is 9. The van der Waals surface area contributed by atoms with Crippen LogP contribution in [0, 0.1) is 0 Å². The topological polar surface area (TPSA) is 165 Å². The summed E-state index contributed by atoms with van der Waals surface area (Å²) in [4.78, 5) is 68.4. The van der Waals surface area contributed by atoms with Gasteiger partial charge in [0.2, 0.25) is 0 Å². The fourth-order valence-corrected chi connectivity index (χ4v) is 7.71. The van der Waals surface area contributed by atoms with Crippen molar-refractivity contribution >= 4 is 65.4 Å². The minimum absolute atomic E-state index is 0.0982. The Bertz CT molecular complexity index is 3140. The maximum atomic E-state index is 14.4. The van der Waals surface area contributed by atoms with Crippen LogP contribution in [0.5, 0.6) is 17.2 Å². The maximum Gasteiger partial charge on any atom is 0.197 e. The Balaban J connectivity index is 1.38. The predicted molar refractivity (Wildman–Crippen MR) is 223 cm³/mol. The molecular weight excluding hydrogens is 721 g/mol. The van der Waals surface area contributed by atoms with Crippen LogP contribution in [0.3, 0.4) is 0 Å². The van der Waals surface area contributed by atoms with Crippen molar-refractivity contribution in [3.05, 3.63) is 140 Å². The molecule has 0 radical (unpaired) electrons. The van der Waals surface area contributed by atoms with E-state index in [9.17, 15) is 14.4 Å². The summed E-state index contributed by atoms with van der Waals surface area (Å²) in [6.07, 6.45) is 0. The molecule has 0 saturated heterocycles. The Morgan fingerprint density at radius 1 is 0.386 bits per heavy atom. The van der Waals surface area contributed by atoms with Crippen LogP contribution < -0.4 is 30.5 Å². The molecule has 4 aromatic heterocycles. The smallest absolute Gasteiger partial charge is 0.197 e. The zero-order valence-corrected chi connectivity index (χ0v) is 30.7. The van der Waals surface area contributed by atoms with Crippen molar-refractivity contribution in [1.82, 2.24) is 29.9 Å². The van der Waals surface area contributed by atoms with Gasteiger partial charge < -0.3 is 29.2 Å². The van der Waals surface area contributed by atoms with Gasteiger partial charge in [-0.2, -0.15) is 0 Å². The Kier molecular flexibility index (Phi) is 7.61. The Hall–Kier alpha value is -7.86. The normalized spacial score (nSPS) is 11.6. The number of pyridine rings is 3. The van der Waals surface area contributed by atoms with Gasteiger partial charge in [0.05, 0.1) is 54.0 Å². The molecule has 0 amide bonds. The van der Waals surface area contributed by atoms with Crippen molar-refractivity contribution < 1.29 is 14.2 Å². The minimum atomic E-state index is -0.245. The lowest BCUT2D eigenvalue weighted by Crippen LogP contribution is -2.11. The van der Waals surface area contributed by atoms with Crippen LogP contribution in [-0.4, -0.2) is 51.2 Å². The number of ether oxygens (including phenoxy) is 3. The number of hydrogen-bond donors (Lipinski definition) is 3. The molecule has 0 saturated carbocycles. The van der Waals surface area contributed by atoms with Crippen LogP contribution in [-0.2, 0) is 0 Å². The van der Waals surface area contributed by atoms with Gasteiger partial charge >= 0.3 is 0 Å². The summed E-state index contributed by atoms with van der Waals surface area (Å²) in [7, 11) is 4.60. The summed E-state index contributed by atoms with van der Waals surface area (Å²) in [5, 5.41) is 2.37. The first kappa shape index (κ1) is 33.7. The van der Waals surface area contributed by atoms with Crippen molar-refractivity contribution in [2.75, 3.05) is 21.3 Å². The molecule has 276 valence electrons. The lowest BCUT2D eigenvalue weighted by Gasteiger charge is -2.15. The molecule has 10 rings (SSSR count). The minimum Gasteiger partial charge on any atom is -0.497 e. The zero-order chi connectivity index (χ0) is 38.9. The Labute approximate surface area is 321 Å². The maximum absolute atomic E-state index is 14.4. The van der Waals surface area contributed by atoms with Gasteiger partial charge in [0.25, 0.3) is 0 Å². The number of para-hydroxylation sites is 3. The predicted octanol–water partition coefficient (Wildman–Crippen LogP) is 7.88. The average molecular weight is 751 g/mol. The Morgan fingerprint density at radius 3 is 0.947 bits per heavy atom. The molecule has 0 atom stereocenters. The van der Waals surface area contributed by atoms with Crippen LogP contribution in [0.4, 0.5) is 0 Å². The third-order valence-electron chi connectivity index (χ3n) is 10.4. The van der Waals surface area contributed by atoms with Crippen molar-refractivity contribution in [2.24, 2.45) is 0 Å². The fourth-order valence-electron chi connectivity index (χ4n) is 7.71. The highest BCUT2D eigenvalue weighted by atomic mass is 16.5. The standard InChI is InChI=1S/C45H30N6O6/c1-55-22-16-28(37-34(19-22)46-31-13-7-4-10-25(31)40(37)52)43-49-44(29-17-23(56-2)20-35-38(29)41(53)26-11-5-8-14-32(26)47-35)51-45(50-43)30-18-24(57-3)21-36-39(30)42(54)27-12-6-9-15-33(27)48-36/h4-21H,1-3H3,(H,46,52)(H,47,53)(H,48,54). The number of H-pyrrole nitrogens is 3. The number of methoxy groups -OCH3 is 3. The quantitative estimate of drug-likeness (QED) is 0.143. The molecule has 0 unspecified atom stereocenters. The van der Waals surface area contributed by atoms with Gasteiger partial charge in [-0.25, -0.2) is 15.0 Å². The monoisotopic (exact) mass is 750 g/mol. The second kappa shape index (κ2) is 12.9. The average Bonchev–Trinajstić information content (AvgIpc) is 3.25. The molecule has 0 fully saturated rings. The highest BCUT2D eigenvalue weighted by molar-refractivity contribution is 6.05. The zero-order valence-electron chi connectivity index (χ0n) is 30.7. The molecule has 6 aromatic carbocycles. The molecule has 3 N–H and O–H groups in total. The van der Waals surface area contributed by atoms with Crippen molar-refractivity contribution in [3.8, 4) is 51.4 Å². The molecule has 0 bridgehead atoms. The van der Waals surface area contributed by atoms with E-state index in [1.165, 1.54) is 21.3 Å². The number of rotatable bonds is 6. The van der Waals surface area contributed by atoms with Gasteiger partial charge in [-0.15, -0.1) is 0 Å². The van der Waals surface area contributed by atoms with Crippen LogP contribution in [0.2, 0.25) is 0 Å². The second-order valence-corrected chi connectivity index (χ2v) is 13.6. The number of fused-ring (bicyclic) bond motifs is 6. The summed E-state index contributed by atoms with van der Waals surface area (Å²) in [5.41, 5.74) is 3.75. The van der Waals surface area contributed by atoms with E-state index < -0.39 is 0 Å². The molecule has 57 heavy (non-hydrogen) atoms. The number of aromatic nitrogens is 6. The van der Waals surface area contributed by atoms with E-state index in [-0.39, 0.29) is 33.8 Å². The number of nitrogens with zero attached hydrogens (tertiary/aromatic N) is 3. The molecule has 0 spiro atoms. The third-order valence-corrected chi connectivity index (χ3v) is 10.4. The van der Waals surface area contributed by atoms with E-state index in [1.807, 2.05) is 36.4 Å². The largest absolute Gasteiger partial charge is 0.497 e. The molecule has 4 heterocycles. The van der Waals surface area contributed by atoms with Gasteiger partial charge in [-0.1, -0.05) is 36.4 Å². The summed E-state index contributed by atoms with van der Waals surface area (Å²) in [6.45, 7) is 0. The number of nitrogens with one attached hydrogen (secondary N) is 3. The molecule has 0 aliphatic carbocycles. The van der Waals surface area contributed by atoms with Crippen LogP contribution in [0.1, 0.15) is 0 Å². The highest BCUT2D eigenvalue weighted by Crippen LogP contribution is 2.37. The molecule has 12 heteroatoms. The van der Waals surface area contributed by atoms with Gasteiger partial charge in [0, 0.05) is 67.6 Å². The van der Waals surface area contributed by atoms with E-state index in [4.69, 9.17) is 29.2 Å². The van der Waals surface area contributed by atoms with Crippen LogP contribution >= 0.6 is 0 Å². The fraction of sp³-hybridized carbons (Fsp3) is 0.0667. The summed E-state index contributed by atoms with van der Waals surface area (Å²) < 4.78 is 17.2. The summed E-state index contributed by atoms with van der Waals surface area (Å²) in [5.74, 6) is 1.62. The van der Waals surface area contributed by atoms with E-state index >= 15 is 0 Å². The molecule has 10 aromatic rings. The molecule has 12 nitrogen and oxygen atoms in total. The lowest BCUT2D eigenvalue weighted by atomic mass is 10.0. The first-order valence-corrected chi connectivity index (χ1v) is 18.0. The van der Waals surface area contributed by atoms with Gasteiger partial charge in [0.15, 0.2) is 33.8 Å². The first-order valence-electron chi connectivity index (χ1n) is 18.0. The second-order valence-electron chi connectivity index (χ2n) is 13.6. The summed E-state index contributed by atoms with van der Waals surface area (Å²) >= 11 is 0.